The molecule has 18 heavy (non-hydrogen) atoms. The van der Waals surface area contributed by atoms with Crippen LogP contribution in [0.25, 0.3) is 0 Å². The molecule has 1 N–H and O–H groups in total. The summed E-state index contributed by atoms with van der Waals surface area (Å²) in [6.45, 7) is 2.45. The van der Waals surface area contributed by atoms with Crippen LogP contribution in [0, 0.1) is 29.6 Å². The van der Waals surface area contributed by atoms with Gasteiger partial charge in [0.05, 0.1) is 18.2 Å². The average molecular weight is 237 g/mol. The molecule has 0 aliphatic heterocycles. The number of rotatable bonds is 3. The van der Waals surface area contributed by atoms with Gasteiger partial charge in [-0.05, 0) is 36.8 Å². The molecule has 4 heteroatoms. The second-order valence-corrected chi connectivity index (χ2v) is 3.87. The fourth-order valence-corrected chi connectivity index (χ4v) is 1.60. The lowest BCUT2D eigenvalue weighted by atomic mass is 10.1. The summed E-state index contributed by atoms with van der Waals surface area (Å²) in [6.07, 6.45) is 0. The normalized spacial score (nSPS) is 9.50. The van der Waals surface area contributed by atoms with E-state index < -0.39 is 0 Å². The molecule has 0 unspecified atom stereocenters. The van der Waals surface area contributed by atoms with Crippen LogP contribution in [0.5, 0.6) is 0 Å². The third kappa shape index (κ3) is 2.50. The summed E-state index contributed by atoms with van der Waals surface area (Å²) in [5.41, 5.74) is 2.56. The zero-order chi connectivity index (χ0) is 13.0. The monoisotopic (exact) mass is 237 g/mol. The maximum absolute atomic E-state index is 8.84. The lowest BCUT2D eigenvalue weighted by Gasteiger charge is -2.08. The molecule has 1 heterocycles. The number of nitrogens with one attached hydrogen (secondary N) is 1. The van der Waals surface area contributed by atoms with Gasteiger partial charge in [-0.25, -0.2) is 0 Å². The molecule has 0 atom stereocenters. The van der Waals surface area contributed by atoms with E-state index in [1.807, 2.05) is 19.1 Å². The van der Waals surface area contributed by atoms with Gasteiger partial charge in [0.1, 0.15) is 11.8 Å². The second-order valence-electron chi connectivity index (χ2n) is 3.87. The van der Waals surface area contributed by atoms with Crippen LogP contribution in [0.1, 0.15) is 22.6 Å². The number of anilines is 1. The van der Waals surface area contributed by atoms with E-state index in [-0.39, 0.29) is 0 Å². The van der Waals surface area contributed by atoms with Crippen molar-refractivity contribution in [3.8, 4) is 12.1 Å². The molecule has 0 aliphatic rings. The molecule has 4 nitrogen and oxygen atoms in total. The van der Waals surface area contributed by atoms with Gasteiger partial charge in [-0.15, -0.1) is 0 Å². The topological polar surface area (TPSA) is 72.8 Å². The molecule has 2 aromatic rings. The summed E-state index contributed by atoms with van der Waals surface area (Å²) < 4.78 is 5.26. The molecule has 0 amide bonds. The number of hydrogen-bond acceptors (Lipinski definition) is 4. The van der Waals surface area contributed by atoms with Crippen LogP contribution in [-0.4, -0.2) is 0 Å². The van der Waals surface area contributed by atoms with Gasteiger partial charge < -0.3 is 9.73 Å². The van der Waals surface area contributed by atoms with Gasteiger partial charge in [0.2, 0.25) is 5.76 Å². The molecule has 0 spiro atoms. The Labute approximate surface area is 105 Å². The maximum Gasteiger partial charge on any atom is 0.203 e. The minimum Gasteiger partial charge on any atom is -0.449 e. The Morgan fingerprint density at radius 3 is 2.67 bits per heavy atom. The number of benzene rings is 1. The van der Waals surface area contributed by atoms with Gasteiger partial charge in [0, 0.05) is 5.69 Å². The molecule has 0 radical (unpaired) electrons. The first-order valence-corrected chi connectivity index (χ1v) is 5.46. The van der Waals surface area contributed by atoms with Crippen LogP contribution in [0.3, 0.4) is 0 Å². The Balaban J connectivity index is 2.11. The first kappa shape index (κ1) is 11.8. The van der Waals surface area contributed by atoms with E-state index in [1.54, 1.807) is 24.3 Å². The van der Waals surface area contributed by atoms with Crippen molar-refractivity contribution in [2.75, 3.05) is 5.32 Å². The smallest absolute Gasteiger partial charge is 0.203 e. The van der Waals surface area contributed by atoms with Crippen LogP contribution >= 0.6 is 0 Å². The van der Waals surface area contributed by atoms with Crippen LogP contribution < -0.4 is 5.32 Å². The predicted octanol–water partition coefficient (Wildman–Crippen LogP) is 2.94. The summed E-state index contributed by atoms with van der Waals surface area (Å²) in [4.78, 5) is 0. The van der Waals surface area contributed by atoms with Crippen molar-refractivity contribution in [2.45, 2.75) is 13.5 Å². The van der Waals surface area contributed by atoms with Gasteiger partial charge in [-0.3, -0.25) is 0 Å². The molecular weight excluding hydrogens is 226 g/mol. The van der Waals surface area contributed by atoms with E-state index in [4.69, 9.17) is 14.9 Å². The van der Waals surface area contributed by atoms with E-state index in [0.717, 1.165) is 11.3 Å². The average Bonchev–Trinajstić information content (AvgIpc) is 2.86. The van der Waals surface area contributed by atoms with E-state index in [0.29, 0.717) is 23.6 Å². The molecule has 1 aromatic heterocycles. The van der Waals surface area contributed by atoms with Gasteiger partial charge >= 0.3 is 0 Å². The van der Waals surface area contributed by atoms with Crippen molar-refractivity contribution in [1.82, 2.24) is 0 Å². The number of aryl methyl sites for hydroxylation is 1. The van der Waals surface area contributed by atoms with Crippen molar-refractivity contribution in [1.29, 1.82) is 10.5 Å². The van der Waals surface area contributed by atoms with E-state index in [9.17, 15) is 0 Å². The first-order valence-electron chi connectivity index (χ1n) is 5.46. The standard InChI is InChI=1S/C14H11N3O/c1-10-2-3-11(7-15)6-14(10)17-9-13-5-4-12(8-16)18-13/h2-6,17H,9H2,1H3. The molecule has 0 fully saturated rings. The van der Waals surface area contributed by atoms with Gasteiger partial charge in [0.25, 0.3) is 0 Å². The highest BCUT2D eigenvalue weighted by atomic mass is 16.3. The Morgan fingerprint density at radius 1 is 1.17 bits per heavy atom. The zero-order valence-electron chi connectivity index (χ0n) is 9.90. The Morgan fingerprint density at radius 2 is 2.00 bits per heavy atom. The van der Waals surface area contributed by atoms with Crippen LogP contribution in [0.15, 0.2) is 34.7 Å². The number of furan rings is 1. The minimum atomic E-state index is 0.300. The molecule has 1 aromatic carbocycles. The molecule has 0 aliphatic carbocycles. The van der Waals surface area contributed by atoms with Crippen molar-refractivity contribution in [2.24, 2.45) is 0 Å². The maximum atomic E-state index is 8.84. The van der Waals surface area contributed by atoms with E-state index in [2.05, 4.69) is 11.4 Å². The summed E-state index contributed by atoms with van der Waals surface area (Å²) >= 11 is 0. The summed E-state index contributed by atoms with van der Waals surface area (Å²) in [5, 5.41) is 20.7. The largest absolute Gasteiger partial charge is 0.449 e. The predicted molar refractivity (Wildman–Crippen MR) is 66.6 cm³/mol. The van der Waals surface area contributed by atoms with Gasteiger partial charge in [0.15, 0.2) is 0 Å². The van der Waals surface area contributed by atoms with Crippen LogP contribution in [-0.2, 0) is 6.54 Å². The number of nitrogens with zero attached hydrogens (tertiary/aromatic N) is 2. The third-order valence-corrected chi connectivity index (χ3v) is 2.59. The molecule has 0 saturated heterocycles. The lowest BCUT2D eigenvalue weighted by molar-refractivity contribution is 0.506. The Bertz CT molecular complexity index is 644. The molecular formula is C14H11N3O. The van der Waals surface area contributed by atoms with E-state index >= 15 is 0 Å². The summed E-state index contributed by atoms with van der Waals surface area (Å²) in [5.74, 6) is 0.989. The fraction of sp³-hybridized carbons (Fsp3) is 0.143. The molecule has 2 rings (SSSR count). The van der Waals surface area contributed by atoms with Crippen LogP contribution in [0.2, 0.25) is 0 Å². The Kier molecular flexibility index (Phi) is 3.31. The summed E-state index contributed by atoms with van der Waals surface area (Å²) in [7, 11) is 0. The second kappa shape index (κ2) is 5.07. The SMILES string of the molecule is Cc1ccc(C#N)cc1NCc1ccc(C#N)o1. The molecule has 88 valence electrons. The Hall–Kier alpha value is -2.72. The van der Waals surface area contributed by atoms with Gasteiger partial charge in [-0.1, -0.05) is 6.07 Å². The highest BCUT2D eigenvalue weighted by Crippen LogP contribution is 2.18. The highest BCUT2D eigenvalue weighted by molar-refractivity contribution is 5.55. The third-order valence-electron chi connectivity index (χ3n) is 2.59. The minimum absolute atomic E-state index is 0.300. The van der Waals surface area contributed by atoms with E-state index in [1.165, 1.54) is 0 Å². The highest BCUT2D eigenvalue weighted by Gasteiger charge is 2.03. The van der Waals surface area contributed by atoms with Crippen molar-refractivity contribution in [3.05, 3.63) is 53.0 Å². The first-order chi connectivity index (χ1) is 8.72. The molecule has 0 bridgehead atoms. The quantitative estimate of drug-likeness (QED) is 0.890. The van der Waals surface area contributed by atoms with Crippen LogP contribution in [0.4, 0.5) is 5.69 Å². The number of nitriles is 2. The fourth-order valence-electron chi connectivity index (χ4n) is 1.60. The van der Waals surface area contributed by atoms with Gasteiger partial charge in [-0.2, -0.15) is 10.5 Å². The number of hydrogen-bond donors (Lipinski definition) is 1. The van der Waals surface area contributed by atoms with Crippen molar-refractivity contribution < 1.29 is 4.42 Å². The molecule has 0 saturated carbocycles. The summed E-state index contributed by atoms with van der Waals surface area (Å²) in [6, 6.07) is 12.9. The van der Waals surface area contributed by atoms with Crippen molar-refractivity contribution >= 4 is 5.69 Å². The van der Waals surface area contributed by atoms with Crippen molar-refractivity contribution in [3.63, 3.8) is 0 Å². The lowest BCUT2D eigenvalue weighted by Crippen LogP contribution is -2.00. The zero-order valence-corrected chi connectivity index (χ0v) is 9.90.